The topological polar surface area (TPSA) is 16.1 Å². The Morgan fingerprint density at radius 1 is 1.20 bits per heavy atom. The molecule has 0 bridgehead atoms. The number of rotatable bonds is 4. The van der Waals surface area contributed by atoms with Crippen LogP contribution in [0.3, 0.4) is 0 Å². The zero-order valence-corrected chi connectivity index (χ0v) is 15.3. The zero-order chi connectivity index (χ0) is 17.4. The highest BCUT2D eigenvalue weighted by atomic mass is 15.2. The van der Waals surface area contributed by atoms with Crippen molar-refractivity contribution in [1.29, 1.82) is 0 Å². The number of fused-ring (bicyclic) bond motifs is 1. The van der Waals surface area contributed by atoms with Gasteiger partial charge in [0.25, 0.3) is 0 Å². The summed E-state index contributed by atoms with van der Waals surface area (Å²) in [7, 11) is 0. The third kappa shape index (κ3) is 3.19. The van der Waals surface area contributed by atoms with Gasteiger partial charge in [-0.15, -0.1) is 0 Å². The highest BCUT2D eigenvalue weighted by molar-refractivity contribution is 5.75. The predicted octanol–water partition coefficient (Wildman–Crippen LogP) is 4.98. The van der Waals surface area contributed by atoms with Crippen molar-refractivity contribution in [3.05, 3.63) is 71.4 Å². The molecule has 2 heterocycles. The summed E-state index contributed by atoms with van der Waals surface area (Å²) in [6.07, 6.45) is 4.18. The fraction of sp³-hybridized carbons (Fsp3) is 0.348. The van der Waals surface area contributed by atoms with Crippen LogP contribution < -0.4 is 0 Å². The molecule has 0 unspecified atom stereocenters. The fourth-order valence-electron chi connectivity index (χ4n) is 4.00. The predicted molar refractivity (Wildman–Crippen MR) is 105 cm³/mol. The molecule has 2 heteroatoms. The molecule has 0 radical (unpaired) electrons. The van der Waals surface area contributed by atoms with E-state index < -0.39 is 0 Å². The molecule has 0 atom stereocenters. The number of benzene rings is 1. The van der Waals surface area contributed by atoms with Crippen LogP contribution in [0.1, 0.15) is 31.4 Å². The third-order valence-electron chi connectivity index (χ3n) is 5.76. The lowest BCUT2D eigenvalue weighted by Crippen LogP contribution is -2.47. The van der Waals surface area contributed by atoms with E-state index in [1.165, 1.54) is 47.3 Å². The summed E-state index contributed by atoms with van der Waals surface area (Å²) in [5, 5.41) is 0. The SMILES string of the molecule is C=C(C)C1CN(CC2=C(C)c3ccc(-c4ccccn4)cc3CC2)C1. The number of hydrogen-bond acceptors (Lipinski definition) is 2. The minimum atomic E-state index is 0.706. The van der Waals surface area contributed by atoms with E-state index in [2.05, 4.69) is 60.6 Å². The van der Waals surface area contributed by atoms with Gasteiger partial charge in [0.2, 0.25) is 0 Å². The molecule has 1 aliphatic carbocycles. The molecule has 1 aromatic heterocycles. The van der Waals surface area contributed by atoms with Gasteiger partial charge in [0.1, 0.15) is 0 Å². The van der Waals surface area contributed by atoms with E-state index in [1.807, 2.05) is 12.3 Å². The van der Waals surface area contributed by atoms with Crippen LogP contribution in [-0.2, 0) is 6.42 Å². The molecule has 128 valence electrons. The van der Waals surface area contributed by atoms with E-state index in [0.717, 1.165) is 18.7 Å². The monoisotopic (exact) mass is 330 g/mol. The van der Waals surface area contributed by atoms with E-state index in [-0.39, 0.29) is 0 Å². The lowest BCUT2D eigenvalue weighted by atomic mass is 9.84. The summed E-state index contributed by atoms with van der Waals surface area (Å²) >= 11 is 0. The molecule has 4 rings (SSSR count). The number of aryl methyl sites for hydroxylation is 1. The number of nitrogens with zero attached hydrogens (tertiary/aromatic N) is 2. The Morgan fingerprint density at radius 2 is 2.04 bits per heavy atom. The van der Waals surface area contributed by atoms with Crippen LogP contribution in [0.15, 0.2) is 60.3 Å². The maximum absolute atomic E-state index is 4.49. The van der Waals surface area contributed by atoms with E-state index in [9.17, 15) is 0 Å². The lowest BCUT2D eigenvalue weighted by molar-refractivity contribution is 0.136. The molecule has 0 N–H and O–H groups in total. The van der Waals surface area contributed by atoms with Crippen LogP contribution in [0.25, 0.3) is 16.8 Å². The molecule has 1 saturated heterocycles. The van der Waals surface area contributed by atoms with Gasteiger partial charge < -0.3 is 0 Å². The van der Waals surface area contributed by atoms with Gasteiger partial charge in [-0.1, -0.05) is 35.9 Å². The maximum Gasteiger partial charge on any atom is 0.0702 e. The molecule has 1 aromatic carbocycles. The largest absolute Gasteiger partial charge is 0.298 e. The second-order valence-corrected chi connectivity index (χ2v) is 7.55. The van der Waals surface area contributed by atoms with Crippen molar-refractivity contribution in [2.24, 2.45) is 5.92 Å². The molecular formula is C23H26N2. The Balaban J connectivity index is 1.53. The van der Waals surface area contributed by atoms with Gasteiger partial charge >= 0.3 is 0 Å². The van der Waals surface area contributed by atoms with Crippen molar-refractivity contribution in [2.75, 3.05) is 19.6 Å². The van der Waals surface area contributed by atoms with Gasteiger partial charge in [-0.2, -0.15) is 0 Å². The summed E-state index contributed by atoms with van der Waals surface area (Å²) in [4.78, 5) is 7.05. The van der Waals surface area contributed by atoms with Crippen molar-refractivity contribution >= 4 is 5.57 Å². The Morgan fingerprint density at radius 3 is 2.76 bits per heavy atom. The van der Waals surface area contributed by atoms with Crippen LogP contribution in [0, 0.1) is 5.92 Å². The molecule has 2 aromatic rings. The molecule has 2 aliphatic rings. The van der Waals surface area contributed by atoms with Gasteiger partial charge in [-0.05, 0) is 61.6 Å². The fourth-order valence-corrected chi connectivity index (χ4v) is 4.00. The number of allylic oxidation sites excluding steroid dienone is 1. The molecule has 0 saturated carbocycles. The highest BCUT2D eigenvalue weighted by Crippen LogP contribution is 2.35. The second kappa shape index (κ2) is 6.61. The summed E-state index contributed by atoms with van der Waals surface area (Å²) in [6, 6.07) is 12.9. The Labute approximate surface area is 150 Å². The molecule has 1 fully saturated rings. The minimum Gasteiger partial charge on any atom is -0.298 e. The minimum absolute atomic E-state index is 0.706. The van der Waals surface area contributed by atoms with Gasteiger partial charge in [0.05, 0.1) is 5.69 Å². The van der Waals surface area contributed by atoms with Crippen LogP contribution >= 0.6 is 0 Å². The lowest BCUT2D eigenvalue weighted by Gasteiger charge is -2.41. The maximum atomic E-state index is 4.49. The smallest absolute Gasteiger partial charge is 0.0702 e. The van der Waals surface area contributed by atoms with Crippen molar-refractivity contribution < 1.29 is 0 Å². The Hall–Kier alpha value is -2.19. The van der Waals surface area contributed by atoms with E-state index in [1.54, 1.807) is 5.57 Å². The van der Waals surface area contributed by atoms with Crippen LogP contribution in [-0.4, -0.2) is 29.5 Å². The number of hydrogen-bond donors (Lipinski definition) is 0. The van der Waals surface area contributed by atoms with Gasteiger partial charge in [-0.25, -0.2) is 0 Å². The normalized spacial score (nSPS) is 18.0. The molecular weight excluding hydrogens is 304 g/mol. The molecule has 0 amide bonds. The van der Waals surface area contributed by atoms with E-state index in [4.69, 9.17) is 0 Å². The average Bonchev–Trinajstić information content (AvgIpc) is 2.59. The quantitative estimate of drug-likeness (QED) is 0.735. The first-order chi connectivity index (χ1) is 12.1. The summed E-state index contributed by atoms with van der Waals surface area (Å²) < 4.78 is 0. The molecule has 2 nitrogen and oxygen atoms in total. The number of pyridine rings is 1. The standard InChI is InChI=1S/C23H26N2/c1-16(2)21-14-25(15-21)13-20-8-7-18-12-19(9-10-22(18)17(20)3)23-6-4-5-11-24-23/h4-6,9-12,21H,1,7-8,13-15H2,2-3H3. The second-order valence-electron chi connectivity index (χ2n) is 7.55. The van der Waals surface area contributed by atoms with Crippen molar-refractivity contribution in [3.8, 4) is 11.3 Å². The van der Waals surface area contributed by atoms with Crippen LogP contribution in [0.2, 0.25) is 0 Å². The summed E-state index contributed by atoms with van der Waals surface area (Å²) in [5.74, 6) is 0.706. The average molecular weight is 330 g/mol. The van der Waals surface area contributed by atoms with Gasteiger partial charge in [-0.3, -0.25) is 9.88 Å². The van der Waals surface area contributed by atoms with E-state index >= 15 is 0 Å². The van der Waals surface area contributed by atoms with Crippen LogP contribution in [0.5, 0.6) is 0 Å². The number of likely N-dealkylation sites (tertiary alicyclic amines) is 1. The first-order valence-electron chi connectivity index (χ1n) is 9.23. The zero-order valence-electron chi connectivity index (χ0n) is 15.3. The first-order valence-corrected chi connectivity index (χ1v) is 9.23. The Bertz CT molecular complexity index is 826. The van der Waals surface area contributed by atoms with Crippen LogP contribution in [0.4, 0.5) is 0 Å². The van der Waals surface area contributed by atoms with Crippen molar-refractivity contribution in [1.82, 2.24) is 9.88 Å². The summed E-state index contributed by atoms with van der Waals surface area (Å²) in [5.41, 5.74) is 9.60. The van der Waals surface area contributed by atoms with Gasteiger partial charge in [0, 0.05) is 37.3 Å². The number of aromatic nitrogens is 1. The van der Waals surface area contributed by atoms with Gasteiger partial charge in [0.15, 0.2) is 0 Å². The Kier molecular flexibility index (Phi) is 4.30. The summed E-state index contributed by atoms with van der Waals surface area (Å²) in [6.45, 7) is 12.0. The van der Waals surface area contributed by atoms with Crippen molar-refractivity contribution in [3.63, 3.8) is 0 Å². The molecule has 1 aliphatic heterocycles. The van der Waals surface area contributed by atoms with Crippen molar-refractivity contribution in [2.45, 2.75) is 26.7 Å². The first kappa shape index (κ1) is 16.3. The molecule has 0 spiro atoms. The van der Waals surface area contributed by atoms with E-state index in [0.29, 0.717) is 5.92 Å². The molecule has 25 heavy (non-hydrogen) atoms. The highest BCUT2D eigenvalue weighted by Gasteiger charge is 2.28. The third-order valence-corrected chi connectivity index (χ3v) is 5.76.